The Hall–Kier alpha value is -2.11. The minimum absolute atomic E-state index is 0.0540. The number of ether oxygens (including phenoxy) is 1. The lowest BCUT2D eigenvalue weighted by molar-refractivity contribution is -0.146. The summed E-state index contributed by atoms with van der Waals surface area (Å²) < 4.78 is 4.71. The average molecular weight is 275 g/mol. The molecule has 106 valence electrons. The van der Waals surface area contributed by atoms with Crippen molar-refractivity contribution in [2.24, 2.45) is 5.92 Å². The SMILES string of the molecule is COC(=O)C1CN(c2ccc(N3CCCC3=O)cn2)C1. The van der Waals surface area contributed by atoms with E-state index in [0.29, 0.717) is 19.5 Å². The highest BCUT2D eigenvalue weighted by Gasteiger charge is 2.34. The molecule has 3 rings (SSSR count). The zero-order valence-electron chi connectivity index (χ0n) is 11.4. The first-order chi connectivity index (χ1) is 9.69. The Morgan fingerprint density at radius 2 is 2.20 bits per heavy atom. The van der Waals surface area contributed by atoms with Crippen LogP contribution in [0, 0.1) is 5.92 Å². The van der Waals surface area contributed by atoms with Crippen LogP contribution in [0.3, 0.4) is 0 Å². The zero-order chi connectivity index (χ0) is 14.1. The van der Waals surface area contributed by atoms with E-state index >= 15 is 0 Å². The number of carbonyl (C=O) groups excluding carboxylic acids is 2. The first-order valence-corrected chi connectivity index (χ1v) is 6.78. The molecule has 0 saturated carbocycles. The molecular formula is C14H17N3O3. The first kappa shape index (κ1) is 12.9. The number of hydrogen-bond acceptors (Lipinski definition) is 5. The van der Waals surface area contributed by atoms with Crippen LogP contribution in [-0.2, 0) is 14.3 Å². The molecule has 0 unspecified atom stereocenters. The van der Waals surface area contributed by atoms with E-state index in [1.807, 2.05) is 17.0 Å². The molecule has 0 atom stereocenters. The van der Waals surface area contributed by atoms with Crippen LogP contribution >= 0.6 is 0 Å². The Kier molecular flexibility index (Phi) is 3.30. The number of methoxy groups -OCH3 is 1. The highest BCUT2D eigenvalue weighted by Crippen LogP contribution is 2.26. The number of esters is 1. The van der Waals surface area contributed by atoms with Gasteiger partial charge in [0.1, 0.15) is 5.82 Å². The number of hydrogen-bond donors (Lipinski definition) is 0. The number of amides is 1. The van der Waals surface area contributed by atoms with Crippen molar-refractivity contribution in [2.75, 3.05) is 36.5 Å². The van der Waals surface area contributed by atoms with Crippen molar-refractivity contribution in [2.45, 2.75) is 12.8 Å². The van der Waals surface area contributed by atoms with Crippen molar-refractivity contribution in [1.29, 1.82) is 0 Å². The molecule has 0 spiro atoms. The molecule has 0 N–H and O–H groups in total. The van der Waals surface area contributed by atoms with Crippen molar-refractivity contribution in [1.82, 2.24) is 4.98 Å². The fourth-order valence-corrected chi connectivity index (χ4v) is 2.63. The molecule has 2 aliphatic rings. The van der Waals surface area contributed by atoms with Gasteiger partial charge in [0, 0.05) is 26.1 Å². The van der Waals surface area contributed by atoms with E-state index in [9.17, 15) is 9.59 Å². The summed E-state index contributed by atoms with van der Waals surface area (Å²) in [4.78, 5) is 31.1. The second-order valence-corrected chi connectivity index (χ2v) is 5.15. The van der Waals surface area contributed by atoms with Crippen LogP contribution in [0.25, 0.3) is 0 Å². The van der Waals surface area contributed by atoms with Crippen LogP contribution in [0.1, 0.15) is 12.8 Å². The van der Waals surface area contributed by atoms with Crippen molar-refractivity contribution < 1.29 is 14.3 Å². The summed E-state index contributed by atoms with van der Waals surface area (Å²) in [7, 11) is 1.41. The summed E-state index contributed by atoms with van der Waals surface area (Å²) in [6, 6.07) is 3.81. The van der Waals surface area contributed by atoms with Crippen molar-refractivity contribution in [3.63, 3.8) is 0 Å². The van der Waals surface area contributed by atoms with Gasteiger partial charge in [-0.2, -0.15) is 0 Å². The molecule has 0 radical (unpaired) electrons. The summed E-state index contributed by atoms with van der Waals surface area (Å²) in [6.45, 7) is 2.05. The Balaban J connectivity index is 1.63. The molecule has 6 nitrogen and oxygen atoms in total. The third-order valence-corrected chi connectivity index (χ3v) is 3.86. The number of pyridine rings is 1. The van der Waals surface area contributed by atoms with Gasteiger partial charge in [0.05, 0.1) is 24.9 Å². The Morgan fingerprint density at radius 3 is 2.75 bits per heavy atom. The van der Waals surface area contributed by atoms with Crippen LogP contribution in [0.5, 0.6) is 0 Å². The van der Waals surface area contributed by atoms with Crippen LogP contribution in [0.15, 0.2) is 18.3 Å². The predicted molar refractivity (Wildman–Crippen MR) is 73.5 cm³/mol. The fraction of sp³-hybridized carbons (Fsp3) is 0.500. The van der Waals surface area contributed by atoms with E-state index < -0.39 is 0 Å². The molecule has 0 aliphatic carbocycles. The first-order valence-electron chi connectivity index (χ1n) is 6.78. The van der Waals surface area contributed by atoms with Gasteiger partial charge in [0.2, 0.25) is 5.91 Å². The summed E-state index contributed by atoms with van der Waals surface area (Å²) in [5, 5.41) is 0. The average Bonchev–Trinajstić information content (AvgIpc) is 2.84. The Morgan fingerprint density at radius 1 is 1.40 bits per heavy atom. The highest BCUT2D eigenvalue weighted by atomic mass is 16.5. The zero-order valence-corrected chi connectivity index (χ0v) is 11.4. The molecule has 20 heavy (non-hydrogen) atoms. The summed E-state index contributed by atoms with van der Waals surface area (Å²) in [5.41, 5.74) is 0.848. The highest BCUT2D eigenvalue weighted by molar-refractivity contribution is 5.95. The Labute approximate surface area is 117 Å². The van der Waals surface area contributed by atoms with Crippen molar-refractivity contribution in [3.05, 3.63) is 18.3 Å². The summed E-state index contributed by atoms with van der Waals surface area (Å²) in [6.07, 6.45) is 3.26. The fourth-order valence-electron chi connectivity index (χ4n) is 2.63. The minimum Gasteiger partial charge on any atom is -0.469 e. The molecule has 2 aliphatic heterocycles. The largest absolute Gasteiger partial charge is 0.469 e. The van der Waals surface area contributed by atoms with Gasteiger partial charge in [-0.05, 0) is 18.6 Å². The second kappa shape index (κ2) is 5.11. The Bertz CT molecular complexity index is 523. The van der Waals surface area contributed by atoms with E-state index in [1.54, 1.807) is 11.1 Å². The predicted octanol–water partition coefficient (Wildman–Crippen LogP) is 0.818. The molecule has 1 aromatic heterocycles. The van der Waals surface area contributed by atoms with Crippen molar-refractivity contribution >= 4 is 23.4 Å². The van der Waals surface area contributed by atoms with Gasteiger partial charge in [-0.25, -0.2) is 4.98 Å². The minimum atomic E-state index is -0.166. The van der Waals surface area contributed by atoms with Crippen LogP contribution in [0.2, 0.25) is 0 Å². The number of anilines is 2. The lowest BCUT2D eigenvalue weighted by Gasteiger charge is -2.38. The van der Waals surface area contributed by atoms with Crippen molar-refractivity contribution in [3.8, 4) is 0 Å². The maximum Gasteiger partial charge on any atom is 0.312 e. The lowest BCUT2D eigenvalue weighted by atomic mass is 10.0. The van der Waals surface area contributed by atoms with Gasteiger partial charge >= 0.3 is 5.97 Å². The van der Waals surface area contributed by atoms with E-state index in [4.69, 9.17) is 4.74 Å². The molecule has 1 aromatic rings. The number of carbonyl (C=O) groups is 2. The van der Waals surface area contributed by atoms with E-state index in [2.05, 4.69) is 4.98 Å². The van der Waals surface area contributed by atoms with Crippen LogP contribution in [-0.4, -0.2) is 43.6 Å². The smallest absolute Gasteiger partial charge is 0.312 e. The molecule has 0 bridgehead atoms. The molecule has 0 aromatic carbocycles. The number of aromatic nitrogens is 1. The number of rotatable bonds is 3. The molecular weight excluding hydrogens is 258 g/mol. The third-order valence-electron chi connectivity index (χ3n) is 3.86. The number of nitrogens with zero attached hydrogens (tertiary/aromatic N) is 3. The van der Waals surface area contributed by atoms with Gasteiger partial charge in [-0.15, -0.1) is 0 Å². The molecule has 3 heterocycles. The standard InChI is InChI=1S/C14H17N3O3/c1-20-14(19)10-8-16(9-10)12-5-4-11(7-15-12)17-6-2-3-13(17)18/h4-5,7,10H,2-3,6,8-9H2,1H3. The molecule has 6 heteroatoms. The van der Waals surface area contributed by atoms with Gasteiger partial charge < -0.3 is 14.5 Å². The van der Waals surface area contributed by atoms with Gasteiger partial charge in [0.15, 0.2) is 0 Å². The topological polar surface area (TPSA) is 62.7 Å². The monoisotopic (exact) mass is 275 g/mol. The summed E-state index contributed by atoms with van der Waals surface area (Å²) >= 11 is 0. The van der Waals surface area contributed by atoms with Gasteiger partial charge in [-0.3, -0.25) is 9.59 Å². The molecule has 2 saturated heterocycles. The normalized spacial score (nSPS) is 19.1. The van der Waals surface area contributed by atoms with Crippen LogP contribution in [0.4, 0.5) is 11.5 Å². The quantitative estimate of drug-likeness (QED) is 0.764. The summed E-state index contributed by atoms with van der Waals surface area (Å²) in [5.74, 6) is 0.775. The second-order valence-electron chi connectivity index (χ2n) is 5.15. The third kappa shape index (κ3) is 2.21. The van der Waals surface area contributed by atoms with E-state index in [0.717, 1.165) is 24.5 Å². The van der Waals surface area contributed by atoms with Crippen LogP contribution < -0.4 is 9.80 Å². The van der Waals surface area contributed by atoms with Gasteiger partial charge in [0.25, 0.3) is 0 Å². The lowest BCUT2D eigenvalue weighted by Crippen LogP contribution is -2.51. The maximum absolute atomic E-state index is 11.6. The van der Waals surface area contributed by atoms with E-state index in [-0.39, 0.29) is 17.8 Å². The molecule has 1 amide bonds. The van der Waals surface area contributed by atoms with E-state index in [1.165, 1.54) is 7.11 Å². The maximum atomic E-state index is 11.6. The molecule has 2 fully saturated rings. The van der Waals surface area contributed by atoms with Gasteiger partial charge in [-0.1, -0.05) is 0 Å².